The second-order valence-corrected chi connectivity index (χ2v) is 11.0. The van der Waals surface area contributed by atoms with Crippen LogP contribution in [0.3, 0.4) is 0 Å². The predicted octanol–water partition coefficient (Wildman–Crippen LogP) is 9.58. The summed E-state index contributed by atoms with van der Waals surface area (Å²) in [7, 11) is 0. The average molecular weight is 499 g/mol. The number of rotatable bonds is 2. The molecule has 0 spiro atoms. The first kappa shape index (κ1) is 22.2. The van der Waals surface area contributed by atoms with Gasteiger partial charge in [-0.1, -0.05) is 111 Å². The smallest absolute Gasteiger partial charge is 0.0788 e. The number of pyridine rings is 2. The molecule has 184 valence electrons. The van der Waals surface area contributed by atoms with Crippen molar-refractivity contribution in [1.29, 1.82) is 0 Å². The van der Waals surface area contributed by atoms with Crippen molar-refractivity contribution in [2.75, 3.05) is 0 Å². The maximum absolute atomic E-state index is 5.26. The van der Waals surface area contributed by atoms with E-state index in [9.17, 15) is 0 Å². The summed E-state index contributed by atoms with van der Waals surface area (Å²) in [6.45, 7) is 4.72. The van der Waals surface area contributed by atoms with Crippen LogP contribution in [0.25, 0.3) is 66.2 Å². The van der Waals surface area contributed by atoms with Gasteiger partial charge in [-0.05, 0) is 51.9 Å². The van der Waals surface area contributed by atoms with E-state index in [-0.39, 0.29) is 5.41 Å². The van der Waals surface area contributed by atoms with Gasteiger partial charge in [-0.25, -0.2) is 9.97 Å². The highest BCUT2D eigenvalue weighted by atomic mass is 14.7. The fourth-order valence-electron chi connectivity index (χ4n) is 6.59. The third-order valence-corrected chi connectivity index (χ3v) is 8.41. The lowest BCUT2D eigenvalue weighted by atomic mass is 9.79. The molecule has 0 bridgehead atoms. The molecule has 1 aliphatic rings. The number of nitrogens with zero attached hydrogens (tertiary/aromatic N) is 2. The normalized spacial score (nSPS) is 13.6. The highest BCUT2D eigenvalue weighted by Gasteiger charge is 2.37. The molecule has 0 unspecified atom stereocenters. The van der Waals surface area contributed by atoms with Crippen LogP contribution < -0.4 is 0 Å². The summed E-state index contributed by atoms with van der Waals surface area (Å²) >= 11 is 0. The molecule has 0 aliphatic heterocycles. The van der Waals surface area contributed by atoms with Crippen LogP contribution in [0.15, 0.2) is 121 Å². The Bertz CT molecular complexity index is 2100. The number of hydrogen-bond donors (Lipinski definition) is 0. The maximum atomic E-state index is 5.26. The lowest BCUT2D eigenvalue weighted by Crippen LogP contribution is -2.15. The van der Waals surface area contributed by atoms with Gasteiger partial charge in [0.25, 0.3) is 0 Å². The zero-order chi connectivity index (χ0) is 26.1. The van der Waals surface area contributed by atoms with E-state index in [4.69, 9.17) is 9.97 Å². The molecule has 2 heteroatoms. The van der Waals surface area contributed by atoms with Gasteiger partial charge in [0.1, 0.15) is 0 Å². The first-order valence-electron chi connectivity index (χ1n) is 13.5. The van der Waals surface area contributed by atoms with E-state index >= 15 is 0 Å². The minimum absolute atomic E-state index is 0.107. The molecule has 0 saturated heterocycles. The minimum Gasteiger partial charge on any atom is -0.248 e. The molecule has 7 aromatic rings. The van der Waals surface area contributed by atoms with Crippen LogP contribution in [0.5, 0.6) is 0 Å². The van der Waals surface area contributed by atoms with Crippen LogP contribution in [-0.4, -0.2) is 9.97 Å². The Labute approximate surface area is 227 Å². The third kappa shape index (κ3) is 3.21. The van der Waals surface area contributed by atoms with Gasteiger partial charge in [0.2, 0.25) is 0 Å². The summed E-state index contributed by atoms with van der Waals surface area (Å²) in [5.41, 5.74) is 11.6. The molecule has 0 saturated carbocycles. The van der Waals surface area contributed by atoms with Crippen molar-refractivity contribution in [2.45, 2.75) is 19.3 Å². The third-order valence-electron chi connectivity index (χ3n) is 8.41. The fraction of sp³-hybridized carbons (Fsp3) is 0.0811. The molecule has 39 heavy (non-hydrogen) atoms. The Balaban J connectivity index is 1.40. The summed E-state index contributed by atoms with van der Waals surface area (Å²) in [6, 6.07) is 43.2. The van der Waals surface area contributed by atoms with E-state index in [0.717, 1.165) is 38.9 Å². The average Bonchev–Trinajstić information content (AvgIpc) is 3.23. The topological polar surface area (TPSA) is 25.8 Å². The molecule has 2 nitrogen and oxygen atoms in total. The van der Waals surface area contributed by atoms with Gasteiger partial charge in [-0.15, -0.1) is 0 Å². The van der Waals surface area contributed by atoms with Crippen LogP contribution >= 0.6 is 0 Å². The lowest BCUT2D eigenvalue weighted by Gasteiger charge is -2.24. The monoisotopic (exact) mass is 498 g/mol. The second-order valence-electron chi connectivity index (χ2n) is 11.0. The van der Waals surface area contributed by atoms with Gasteiger partial charge in [0.05, 0.1) is 22.4 Å². The summed E-state index contributed by atoms with van der Waals surface area (Å²) in [5, 5.41) is 4.86. The van der Waals surface area contributed by atoms with Crippen LogP contribution in [0.1, 0.15) is 25.0 Å². The van der Waals surface area contributed by atoms with Crippen molar-refractivity contribution >= 4 is 32.6 Å². The molecule has 0 radical (unpaired) electrons. The lowest BCUT2D eigenvalue weighted by molar-refractivity contribution is 0.666. The molecular formula is C37H26N2. The van der Waals surface area contributed by atoms with Crippen LogP contribution in [0.4, 0.5) is 0 Å². The number of aromatic nitrogens is 2. The predicted molar refractivity (Wildman–Crippen MR) is 163 cm³/mol. The van der Waals surface area contributed by atoms with Crippen molar-refractivity contribution in [3.05, 3.63) is 132 Å². The summed E-state index contributed by atoms with van der Waals surface area (Å²) in [4.78, 5) is 10.2. The highest BCUT2D eigenvalue weighted by molar-refractivity contribution is 6.15. The molecular weight excluding hydrogens is 472 g/mol. The van der Waals surface area contributed by atoms with Crippen molar-refractivity contribution in [2.24, 2.45) is 0 Å². The van der Waals surface area contributed by atoms with Gasteiger partial charge >= 0.3 is 0 Å². The number of fused-ring (bicyclic) bond motifs is 8. The first-order chi connectivity index (χ1) is 19.1. The Morgan fingerprint density at radius 2 is 1.31 bits per heavy atom. The van der Waals surface area contributed by atoms with Crippen LogP contribution in [-0.2, 0) is 5.41 Å². The van der Waals surface area contributed by atoms with E-state index in [2.05, 4.69) is 129 Å². The standard InChI is InChI=1S/C37H26N2/c1-37(2)30-15-6-4-13-26(30)27-19-20-29-34(35(27)37)28-14-5-8-17-33(28)39-36(29)25-12-9-11-24(22-25)32-21-18-23-10-3-7-16-31(23)38-32/h3-22H,1-2H3. The van der Waals surface area contributed by atoms with Gasteiger partial charge < -0.3 is 0 Å². The van der Waals surface area contributed by atoms with E-state index in [1.807, 2.05) is 6.07 Å². The molecule has 8 rings (SSSR count). The highest BCUT2D eigenvalue weighted by Crippen LogP contribution is 2.53. The van der Waals surface area contributed by atoms with E-state index in [1.165, 1.54) is 38.4 Å². The van der Waals surface area contributed by atoms with Gasteiger partial charge in [0.15, 0.2) is 0 Å². The fourth-order valence-corrected chi connectivity index (χ4v) is 6.59. The molecule has 0 N–H and O–H groups in total. The quantitative estimate of drug-likeness (QED) is 0.222. The maximum Gasteiger partial charge on any atom is 0.0788 e. The van der Waals surface area contributed by atoms with Gasteiger partial charge in [0, 0.05) is 32.7 Å². The molecule has 0 atom stereocenters. The van der Waals surface area contributed by atoms with Crippen LogP contribution in [0, 0.1) is 0 Å². The zero-order valence-electron chi connectivity index (χ0n) is 21.9. The number of hydrogen-bond acceptors (Lipinski definition) is 2. The Morgan fingerprint density at radius 1 is 0.538 bits per heavy atom. The van der Waals surface area contributed by atoms with Crippen LogP contribution in [0.2, 0.25) is 0 Å². The van der Waals surface area contributed by atoms with Crippen molar-refractivity contribution in [1.82, 2.24) is 9.97 Å². The Hall–Kier alpha value is -4.82. The van der Waals surface area contributed by atoms with E-state index in [0.29, 0.717) is 0 Å². The summed E-state index contributed by atoms with van der Waals surface area (Å²) < 4.78 is 0. The molecule has 1 aliphatic carbocycles. The van der Waals surface area contributed by atoms with E-state index < -0.39 is 0 Å². The molecule has 0 fully saturated rings. The summed E-state index contributed by atoms with van der Waals surface area (Å²) in [6.07, 6.45) is 0. The minimum atomic E-state index is -0.107. The van der Waals surface area contributed by atoms with Crippen molar-refractivity contribution in [3.8, 4) is 33.6 Å². The van der Waals surface area contributed by atoms with Crippen molar-refractivity contribution < 1.29 is 0 Å². The molecule has 5 aromatic carbocycles. The largest absolute Gasteiger partial charge is 0.248 e. The first-order valence-corrected chi connectivity index (χ1v) is 13.5. The van der Waals surface area contributed by atoms with Gasteiger partial charge in [-0.2, -0.15) is 0 Å². The van der Waals surface area contributed by atoms with Gasteiger partial charge in [-0.3, -0.25) is 0 Å². The zero-order valence-corrected chi connectivity index (χ0v) is 21.9. The number of para-hydroxylation sites is 2. The van der Waals surface area contributed by atoms with Crippen molar-refractivity contribution in [3.63, 3.8) is 0 Å². The van der Waals surface area contributed by atoms with E-state index in [1.54, 1.807) is 0 Å². The summed E-state index contributed by atoms with van der Waals surface area (Å²) in [5.74, 6) is 0. The SMILES string of the molecule is CC1(C)c2ccccc2-c2ccc3c(-c4cccc(-c5ccc6ccccc6n5)c4)nc4ccccc4c3c21. The number of benzene rings is 5. The Kier molecular flexibility index (Phi) is 4.60. The molecule has 2 aromatic heterocycles. The molecule has 0 amide bonds. The molecule has 2 heterocycles. The second kappa shape index (κ2) is 8.09. The Morgan fingerprint density at radius 3 is 2.23 bits per heavy atom.